The Morgan fingerprint density at radius 2 is 1.40 bits per heavy atom. The van der Waals surface area contributed by atoms with E-state index in [1.807, 2.05) is 18.2 Å². The molecule has 0 amide bonds. The van der Waals surface area contributed by atoms with Gasteiger partial charge in [-0.15, -0.1) is 0 Å². The summed E-state index contributed by atoms with van der Waals surface area (Å²) in [6.45, 7) is 4.61. The van der Waals surface area contributed by atoms with E-state index < -0.39 is 0 Å². The topological polar surface area (TPSA) is 22.0 Å². The molecule has 0 saturated heterocycles. The molecule has 5 aromatic rings. The predicted octanol–water partition coefficient (Wildman–Crippen LogP) is 6.63. The lowest BCUT2D eigenvalue weighted by Crippen LogP contribution is -2.26. The van der Waals surface area contributed by atoms with Crippen LogP contribution in [0.1, 0.15) is 40.9 Å². The minimum atomic E-state index is -0.0778. The molecule has 0 bridgehead atoms. The van der Waals surface area contributed by atoms with Crippen molar-refractivity contribution in [2.45, 2.75) is 19.3 Å². The van der Waals surface area contributed by atoms with E-state index in [-0.39, 0.29) is 11.2 Å². The summed E-state index contributed by atoms with van der Waals surface area (Å²) in [6, 6.07) is 27.6. The largest absolute Gasteiger partial charge is 0.309 e. The van der Waals surface area contributed by atoms with Gasteiger partial charge in [-0.1, -0.05) is 74.5 Å². The molecule has 7 rings (SSSR count). The second kappa shape index (κ2) is 5.09. The molecule has 2 heteroatoms. The van der Waals surface area contributed by atoms with E-state index in [4.69, 9.17) is 0 Å². The molecule has 0 radical (unpaired) electrons. The fourth-order valence-electron chi connectivity index (χ4n) is 5.68. The molecule has 0 unspecified atom stereocenters. The molecule has 2 nitrogen and oxygen atoms in total. The summed E-state index contributed by atoms with van der Waals surface area (Å²) in [5.41, 5.74) is 9.98. The molecule has 1 aromatic heterocycles. The third-order valence-corrected chi connectivity index (χ3v) is 7.12. The molecule has 0 saturated carbocycles. The number of benzene rings is 4. The summed E-state index contributed by atoms with van der Waals surface area (Å²) < 4.78 is 2.41. The van der Waals surface area contributed by atoms with Crippen molar-refractivity contribution < 1.29 is 4.79 Å². The second-order valence-electron chi connectivity index (χ2n) is 8.97. The Bertz CT molecular complexity index is 1580. The highest BCUT2D eigenvalue weighted by molar-refractivity contribution is 6.25. The van der Waals surface area contributed by atoms with E-state index in [1.54, 1.807) is 0 Å². The van der Waals surface area contributed by atoms with Gasteiger partial charge in [0, 0.05) is 27.3 Å². The molecule has 1 aliphatic heterocycles. The van der Waals surface area contributed by atoms with Crippen LogP contribution >= 0.6 is 0 Å². The molecule has 0 spiro atoms. The van der Waals surface area contributed by atoms with Crippen LogP contribution < -0.4 is 0 Å². The van der Waals surface area contributed by atoms with Gasteiger partial charge in [-0.2, -0.15) is 0 Å². The summed E-state index contributed by atoms with van der Waals surface area (Å²) in [4.78, 5) is 13.1. The number of nitrogens with zero attached hydrogens (tertiary/aromatic N) is 1. The third kappa shape index (κ3) is 1.70. The number of carbonyl (C=O) groups is 1. The van der Waals surface area contributed by atoms with Gasteiger partial charge in [0.2, 0.25) is 0 Å². The Labute approximate surface area is 174 Å². The van der Waals surface area contributed by atoms with Crippen molar-refractivity contribution >= 4 is 27.6 Å². The standard InChI is InChI=1S/C28H19NO/c1-28(2)22-11-5-6-13-24(22)29-25-15-19-16-8-3-4-9-18(16)27(30)21(19)14-20(25)17-10-7-12-23(28)26(17)29/h3-15H,1-2H3. The summed E-state index contributed by atoms with van der Waals surface area (Å²) in [6.07, 6.45) is 0. The zero-order valence-corrected chi connectivity index (χ0v) is 16.9. The first-order chi connectivity index (χ1) is 14.6. The summed E-state index contributed by atoms with van der Waals surface area (Å²) in [5, 5.41) is 2.37. The molecule has 0 fully saturated rings. The lowest BCUT2D eigenvalue weighted by atomic mass is 9.75. The number of hydrogen-bond donors (Lipinski definition) is 0. The average Bonchev–Trinajstić information content (AvgIpc) is 3.24. The van der Waals surface area contributed by atoms with E-state index >= 15 is 0 Å². The Kier molecular flexibility index (Phi) is 2.74. The number of para-hydroxylation sites is 2. The molecule has 4 aromatic carbocycles. The molecule has 142 valence electrons. The van der Waals surface area contributed by atoms with Crippen LogP contribution in [0.2, 0.25) is 0 Å². The Hall–Kier alpha value is -3.65. The van der Waals surface area contributed by atoms with Crippen LogP contribution in [0.4, 0.5) is 0 Å². The van der Waals surface area contributed by atoms with Gasteiger partial charge < -0.3 is 4.57 Å². The number of fused-ring (bicyclic) bond motifs is 8. The van der Waals surface area contributed by atoms with Crippen LogP contribution in [0.25, 0.3) is 38.6 Å². The van der Waals surface area contributed by atoms with Crippen LogP contribution in [-0.2, 0) is 5.41 Å². The molecule has 0 atom stereocenters. The van der Waals surface area contributed by atoms with Crippen molar-refractivity contribution in [2.75, 3.05) is 0 Å². The van der Waals surface area contributed by atoms with Crippen molar-refractivity contribution in [3.63, 3.8) is 0 Å². The summed E-state index contributed by atoms with van der Waals surface area (Å²) in [5.74, 6) is 0.134. The maximum absolute atomic E-state index is 13.1. The highest BCUT2D eigenvalue weighted by Gasteiger charge is 2.36. The number of hydrogen-bond acceptors (Lipinski definition) is 1. The molecular formula is C28H19NO. The summed E-state index contributed by atoms with van der Waals surface area (Å²) in [7, 11) is 0. The third-order valence-electron chi connectivity index (χ3n) is 7.12. The first-order valence-electron chi connectivity index (χ1n) is 10.4. The van der Waals surface area contributed by atoms with Crippen molar-refractivity contribution in [3.05, 3.63) is 101 Å². The lowest BCUT2D eigenvalue weighted by molar-refractivity contribution is 0.104. The van der Waals surface area contributed by atoms with Crippen LogP contribution in [0.15, 0.2) is 78.9 Å². The van der Waals surface area contributed by atoms with Crippen molar-refractivity contribution in [2.24, 2.45) is 0 Å². The maximum atomic E-state index is 13.1. The summed E-state index contributed by atoms with van der Waals surface area (Å²) >= 11 is 0. The minimum absolute atomic E-state index is 0.0778. The van der Waals surface area contributed by atoms with Crippen molar-refractivity contribution in [3.8, 4) is 16.8 Å². The Balaban J connectivity index is 1.72. The second-order valence-corrected chi connectivity index (χ2v) is 8.97. The van der Waals surface area contributed by atoms with Gasteiger partial charge in [0.05, 0.1) is 16.7 Å². The van der Waals surface area contributed by atoms with Crippen LogP contribution in [-0.4, -0.2) is 10.4 Å². The maximum Gasteiger partial charge on any atom is 0.194 e. The van der Waals surface area contributed by atoms with Gasteiger partial charge in [0.15, 0.2) is 5.78 Å². The molecule has 0 N–H and O–H groups in total. The lowest BCUT2D eigenvalue weighted by Gasteiger charge is -2.34. The SMILES string of the molecule is CC1(C)c2ccccc2-n2c3cc4c(cc3c3cccc1c32)C(=O)c1ccccc1-4. The van der Waals surface area contributed by atoms with Gasteiger partial charge >= 0.3 is 0 Å². The number of ketones is 1. The Morgan fingerprint density at radius 1 is 0.667 bits per heavy atom. The van der Waals surface area contributed by atoms with Crippen LogP contribution in [0, 0.1) is 0 Å². The van der Waals surface area contributed by atoms with Gasteiger partial charge in [-0.3, -0.25) is 4.79 Å². The normalized spacial score (nSPS) is 15.3. The van der Waals surface area contributed by atoms with E-state index in [0.717, 1.165) is 27.6 Å². The van der Waals surface area contributed by atoms with Gasteiger partial charge in [0.25, 0.3) is 0 Å². The van der Waals surface area contributed by atoms with Gasteiger partial charge in [0.1, 0.15) is 0 Å². The van der Waals surface area contributed by atoms with Crippen LogP contribution in [0.5, 0.6) is 0 Å². The first kappa shape index (κ1) is 16.2. The van der Waals surface area contributed by atoms with E-state index in [0.29, 0.717) is 0 Å². The molecular weight excluding hydrogens is 366 g/mol. The zero-order valence-electron chi connectivity index (χ0n) is 16.9. The fourth-order valence-corrected chi connectivity index (χ4v) is 5.68. The van der Waals surface area contributed by atoms with Gasteiger partial charge in [-0.05, 0) is 40.5 Å². The predicted molar refractivity (Wildman–Crippen MR) is 122 cm³/mol. The monoisotopic (exact) mass is 385 g/mol. The molecule has 2 aliphatic rings. The molecule has 2 heterocycles. The van der Waals surface area contributed by atoms with E-state index in [9.17, 15) is 4.79 Å². The zero-order chi connectivity index (χ0) is 20.2. The number of carbonyl (C=O) groups excluding carboxylic acids is 1. The van der Waals surface area contributed by atoms with E-state index in [1.165, 1.54) is 33.2 Å². The smallest absolute Gasteiger partial charge is 0.194 e. The van der Waals surface area contributed by atoms with Gasteiger partial charge in [-0.25, -0.2) is 0 Å². The van der Waals surface area contributed by atoms with Crippen molar-refractivity contribution in [1.82, 2.24) is 4.57 Å². The quantitative estimate of drug-likeness (QED) is 0.287. The highest BCUT2D eigenvalue weighted by atomic mass is 16.1. The number of aromatic nitrogens is 1. The average molecular weight is 385 g/mol. The Morgan fingerprint density at radius 3 is 2.27 bits per heavy atom. The first-order valence-corrected chi connectivity index (χ1v) is 10.4. The highest BCUT2D eigenvalue weighted by Crippen LogP contribution is 2.49. The molecule has 30 heavy (non-hydrogen) atoms. The minimum Gasteiger partial charge on any atom is -0.309 e. The number of rotatable bonds is 0. The van der Waals surface area contributed by atoms with E-state index in [2.05, 4.69) is 79.1 Å². The van der Waals surface area contributed by atoms with Crippen molar-refractivity contribution in [1.29, 1.82) is 0 Å². The molecule has 1 aliphatic carbocycles. The fraction of sp³-hybridized carbons (Fsp3) is 0.107. The van der Waals surface area contributed by atoms with Crippen LogP contribution in [0.3, 0.4) is 0 Å².